The van der Waals surface area contributed by atoms with Crippen molar-refractivity contribution in [1.82, 2.24) is 15.5 Å². The molecule has 1 aromatic rings. The average molecular weight is 536 g/mol. The van der Waals surface area contributed by atoms with Crippen molar-refractivity contribution in [3.63, 3.8) is 0 Å². The first kappa shape index (κ1) is 25.9. The number of nitrogens with zero attached hydrogens (tertiary/aromatic N) is 2. The van der Waals surface area contributed by atoms with Crippen LogP contribution in [0.15, 0.2) is 17.1 Å². The minimum atomic E-state index is -0.240. The number of carbonyl (C=O) groups excluding carboxylic acids is 1. The van der Waals surface area contributed by atoms with E-state index in [-0.39, 0.29) is 36.1 Å². The third kappa shape index (κ3) is 6.99. The standard InChI is InChI=1S/C20H32N4O5.HI/c1-6-29-20(25)24-9-7-15(8-10-24)23-19(21-2)22-13-14-11-16(26-3)18(28-5)17(12-14)27-4;/h11-12,15H,6-10,13H2,1-5H3,(H2,21,22,23);1H. The van der Waals surface area contributed by atoms with Crippen LogP contribution >= 0.6 is 24.0 Å². The molecule has 2 N–H and O–H groups in total. The summed E-state index contributed by atoms with van der Waals surface area (Å²) >= 11 is 0. The van der Waals surface area contributed by atoms with E-state index in [1.54, 1.807) is 33.3 Å². The predicted molar refractivity (Wildman–Crippen MR) is 126 cm³/mol. The highest BCUT2D eigenvalue weighted by atomic mass is 127. The van der Waals surface area contributed by atoms with E-state index in [9.17, 15) is 4.79 Å². The monoisotopic (exact) mass is 536 g/mol. The summed E-state index contributed by atoms with van der Waals surface area (Å²) in [6.07, 6.45) is 1.43. The van der Waals surface area contributed by atoms with Crippen molar-refractivity contribution in [2.75, 3.05) is 48.1 Å². The van der Waals surface area contributed by atoms with Crippen molar-refractivity contribution in [3.05, 3.63) is 17.7 Å². The minimum absolute atomic E-state index is 0. The highest BCUT2D eigenvalue weighted by Crippen LogP contribution is 2.38. The zero-order valence-electron chi connectivity index (χ0n) is 18.3. The zero-order valence-corrected chi connectivity index (χ0v) is 20.6. The summed E-state index contributed by atoms with van der Waals surface area (Å²) in [5.41, 5.74) is 0.972. The van der Waals surface area contributed by atoms with Gasteiger partial charge in [0.2, 0.25) is 5.75 Å². The van der Waals surface area contributed by atoms with Crippen LogP contribution < -0.4 is 24.8 Å². The van der Waals surface area contributed by atoms with Crippen LogP contribution in [-0.2, 0) is 11.3 Å². The molecule has 0 radical (unpaired) electrons. The van der Waals surface area contributed by atoms with Crippen LogP contribution in [0.25, 0.3) is 0 Å². The van der Waals surface area contributed by atoms with E-state index in [4.69, 9.17) is 18.9 Å². The molecule has 1 aliphatic heterocycles. The highest BCUT2D eigenvalue weighted by molar-refractivity contribution is 14.0. The molecule has 1 fully saturated rings. The van der Waals surface area contributed by atoms with Crippen molar-refractivity contribution in [2.24, 2.45) is 4.99 Å². The van der Waals surface area contributed by atoms with Gasteiger partial charge in [0.1, 0.15) is 0 Å². The molecule has 9 nitrogen and oxygen atoms in total. The molecule has 0 unspecified atom stereocenters. The van der Waals surface area contributed by atoms with Gasteiger partial charge < -0.3 is 34.5 Å². The summed E-state index contributed by atoms with van der Waals surface area (Å²) in [5.74, 6) is 2.49. The summed E-state index contributed by atoms with van der Waals surface area (Å²) in [6, 6.07) is 4.05. The number of rotatable bonds is 7. The Labute approximate surface area is 195 Å². The molecular weight excluding hydrogens is 503 g/mol. The molecule has 1 saturated heterocycles. The number of likely N-dealkylation sites (tertiary alicyclic amines) is 1. The topological polar surface area (TPSA) is 93.7 Å². The van der Waals surface area contributed by atoms with Crippen molar-refractivity contribution >= 4 is 36.0 Å². The van der Waals surface area contributed by atoms with Gasteiger partial charge in [-0.25, -0.2) is 4.79 Å². The first-order valence-corrected chi connectivity index (χ1v) is 9.74. The normalized spacial score (nSPS) is 14.4. The van der Waals surface area contributed by atoms with Gasteiger partial charge >= 0.3 is 6.09 Å². The summed E-state index contributed by atoms with van der Waals surface area (Å²) in [4.78, 5) is 17.9. The molecule has 30 heavy (non-hydrogen) atoms. The van der Waals surface area contributed by atoms with Crippen molar-refractivity contribution in [2.45, 2.75) is 32.4 Å². The molecule has 1 heterocycles. The number of guanidine groups is 1. The molecule has 1 aromatic carbocycles. The smallest absolute Gasteiger partial charge is 0.409 e. The Balaban J connectivity index is 0.00000450. The number of carbonyl (C=O) groups is 1. The van der Waals surface area contributed by atoms with Gasteiger partial charge in [-0.15, -0.1) is 24.0 Å². The molecule has 170 valence electrons. The molecular formula is C20H33IN4O5. The molecule has 0 aliphatic carbocycles. The third-order valence-corrected chi connectivity index (χ3v) is 4.77. The molecule has 0 bridgehead atoms. The van der Waals surface area contributed by atoms with E-state index in [1.165, 1.54) is 0 Å². The van der Waals surface area contributed by atoms with Crippen LogP contribution in [-0.4, -0.2) is 71.1 Å². The second kappa shape index (κ2) is 13.2. The SMILES string of the molecule is CCOC(=O)N1CCC(NC(=NC)NCc2cc(OC)c(OC)c(OC)c2)CC1.I. The van der Waals surface area contributed by atoms with Crippen LogP contribution in [0.1, 0.15) is 25.3 Å². The lowest BCUT2D eigenvalue weighted by atomic mass is 10.1. The van der Waals surface area contributed by atoms with Crippen LogP contribution in [0.5, 0.6) is 17.2 Å². The average Bonchev–Trinajstić information content (AvgIpc) is 2.76. The summed E-state index contributed by atoms with van der Waals surface area (Å²) in [7, 11) is 6.50. The Hall–Kier alpha value is -2.11. The summed E-state index contributed by atoms with van der Waals surface area (Å²) < 4.78 is 21.2. The van der Waals surface area contributed by atoms with E-state index in [2.05, 4.69) is 15.6 Å². The van der Waals surface area contributed by atoms with E-state index in [0.29, 0.717) is 49.4 Å². The van der Waals surface area contributed by atoms with E-state index in [0.717, 1.165) is 18.4 Å². The first-order valence-electron chi connectivity index (χ1n) is 9.74. The molecule has 2 rings (SSSR count). The van der Waals surface area contributed by atoms with Crippen molar-refractivity contribution in [3.8, 4) is 17.2 Å². The fourth-order valence-corrected chi connectivity index (χ4v) is 3.23. The van der Waals surface area contributed by atoms with Gasteiger partial charge in [-0.3, -0.25) is 4.99 Å². The molecule has 1 amide bonds. The number of piperidine rings is 1. The second-order valence-corrected chi connectivity index (χ2v) is 6.56. The van der Waals surface area contributed by atoms with Gasteiger partial charge in [-0.2, -0.15) is 0 Å². The van der Waals surface area contributed by atoms with E-state index in [1.807, 2.05) is 19.1 Å². The summed E-state index contributed by atoms with van der Waals surface area (Å²) in [5, 5.41) is 6.73. The van der Waals surface area contributed by atoms with Gasteiger partial charge in [0, 0.05) is 32.7 Å². The van der Waals surface area contributed by atoms with Gasteiger partial charge in [0.05, 0.1) is 27.9 Å². The lowest BCUT2D eigenvalue weighted by Crippen LogP contribution is -2.49. The molecule has 0 spiro atoms. The number of nitrogens with one attached hydrogen (secondary N) is 2. The van der Waals surface area contributed by atoms with Gasteiger partial charge in [-0.1, -0.05) is 0 Å². The van der Waals surface area contributed by atoms with Gasteiger partial charge in [0.15, 0.2) is 17.5 Å². The molecule has 10 heteroatoms. The fraction of sp³-hybridized carbons (Fsp3) is 0.600. The lowest BCUT2D eigenvalue weighted by Gasteiger charge is -2.32. The number of ether oxygens (including phenoxy) is 4. The zero-order chi connectivity index (χ0) is 21.2. The maximum absolute atomic E-state index is 11.8. The first-order chi connectivity index (χ1) is 14.1. The number of hydrogen-bond donors (Lipinski definition) is 2. The second-order valence-electron chi connectivity index (χ2n) is 6.56. The summed E-state index contributed by atoms with van der Waals surface area (Å²) in [6.45, 7) is 4.09. The Morgan fingerprint density at radius 2 is 1.73 bits per heavy atom. The number of methoxy groups -OCH3 is 3. The molecule has 0 aromatic heterocycles. The maximum Gasteiger partial charge on any atom is 0.409 e. The molecule has 0 atom stereocenters. The number of amides is 1. The number of benzene rings is 1. The van der Waals surface area contributed by atoms with Gasteiger partial charge in [0.25, 0.3) is 0 Å². The number of hydrogen-bond acceptors (Lipinski definition) is 6. The maximum atomic E-state index is 11.8. The van der Waals surface area contributed by atoms with E-state index >= 15 is 0 Å². The Kier molecular flexibility index (Phi) is 11.4. The van der Waals surface area contributed by atoms with Crippen LogP contribution in [0.2, 0.25) is 0 Å². The van der Waals surface area contributed by atoms with Crippen molar-refractivity contribution < 1.29 is 23.7 Å². The Bertz CT molecular complexity index is 683. The molecule has 1 aliphatic rings. The third-order valence-electron chi connectivity index (χ3n) is 4.77. The van der Waals surface area contributed by atoms with Crippen LogP contribution in [0, 0.1) is 0 Å². The lowest BCUT2D eigenvalue weighted by molar-refractivity contribution is 0.0963. The number of aliphatic imine (C=N–C) groups is 1. The quantitative estimate of drug-likeness (QED) is 0.315. The predicted octanol–water partition coefficient (Wildman–Crippen LogP) is 2.62. The highest BCUT2D eigenvalue weighted by Gasteiger charge is 2.24. The molecule has 0 saturated carbocycles. The van der Waals surface area contributed by atoms with Crippen LogP contribution in [0.3, 0.4) is 0 Å². The van der Waals surface area contributed by atoms with Crippen LogP contribution in [0.4, 0.5) is 4.79 Å². The van der Waals surface area contributed by atoms with Gasteiger partial charge in [-0.05, 0) is 37.5 Å². The Morgan fingerprint density at radius 1 is 1.13 bits per heavy atom. The fourth-order valence-electron chi connectivity index (χ4n) is 3.23. The largest absolute Gasteiger partial charge is 0.493 e. The van der Waals surface area contributed by atoms with Crippen molar-refractivity contribution in [1.29, 1.82) is 0 Å². The number of halogens is 1. The van der Waals surface area contributed by atoms with E-state index < -0.39 is 0 Å². The minimum Gasteiger partial charge on any atom is -0.493 e. The Morgan fingerprint density at radius 3 is 2.20 bits per heavy atom.